The maximum absolute atomic E-state index is 16.1. The van der Waals surface area contributed by atoms with Crippen LogP contribution in [0.25, 0.3) is 76.5 Å². The van der Waals surface area contributed by atoms with Gasteiger partial charge in [0.15, 0.2) is 34.0 Å². The van der Waals surface area contributed by atoms with Crippen molar-refractivity contribution in [2.24, 2.45) is 0 Å². The topological polar surface area (TPSA) is 36.0 Å². The van der Waals surface area contributed by atoms with Gasteiger partial charge in [0.05, 0.1) is 55.7 Å². The molecule has 0 saturated heterocycles. The summed E-state index contributed by atoms with van der Waals surface area (Å²) in [6, 6.07) is 92.4. The standard InChI is InChI=1S/C81H61F2N3O2Si2/c1-89(2,3)53-44-40-51(41-45-53)85(71-38-20-30-61-59-28-18-34-67(82)77(59)87-79(61)71)73-48-65-75(57-26-12-10-24-55(57)73)76-58-27-13-11-25-56(58)74(49-66(76)81(65)63-32-14-16-36-69(63)84(50-22-8-7-9-23-50)70-37-17-15-33-64(70)81)86(52-42-46-54(47-43-52)90(4,5)6)72-39-21-31-62-60-29-19-35-68(83)78(60)88-80(62)72/h7-49H,1-6H3. The van der Waals surface area contributed by atoms with Crippen molar-refractivity contribution in [1.29, 1.82) is 0 Å². The molecule has 5 nitrogen and oxygen atoms in total. The molecule has 2 aromatic heterocycles. The number of halogens is 2. The fraction of sp³-hybridized carbons (Fsp3) is 0.0864. The number of hydrogen-bond acceptors (Lipinski definition) is 5. The molecule has 0 unspecified atom stereocenters. The van der Waals surface area contributed by atoms with Gasteiger partial charge < -0.3 is 23.5 Å². The van der Waals surface area contributed by atoms with E-state index in [1.165, 1.54) is 22.5 Å². The van der Waals surface area contributed by atoms with Gasteiger partial charge in [0.2, 0.25) is 0 Å². The summed E-state index contributed by atoms with van der Waals surface area (Å²) in [6.07, 6.45) is 0. The summed E-state index contributed by atoms with van der Waals surface area (Å²) in [6.45, 7) is 14.3. The number of fused-ring (bicyclic) bond motifs is 19. The van der Waals surface area contributed by atoms with Crippen LogP contribution >= 0.6 is 0 Å². The molecule has 0 amide bonds. The lowest BCUT2D eigenvalue weighted by Gasteiger charge is -2.45. The van der Waals surface area contributed by atoms with E-state index in [-0.39, 0.29) is 11.2 Å². The molecule has 2 aliphatic rings. The van der Waals surface area contributed by atoms with Crippen molar-refractivity contribution in [2.75, 3.05) is 14.7 Å². The molecule has 1 spiro atoms. The van der Waals surface area contributed by atoms with Crippen LogP contribution in [-0.4, -0.2) is 16.1 Å². The van der Waals surface area contributed by atoms with Gasteiger partial charge in [-0.15, -0.1) is 0 Å². The van der Waals surface area contributed by atoms with E-state index in [4.69, 9.17) is 8.83 Å². The fourth-order valence-electron chi connectivity index (χ4n) is 15.0. The summed E-state index contributed by atoms with van der Waals surface area (Å²) >= 11 is 0. The van der Waals surface area contributed by atoms with Gasteiger partial charge in [0.25, 0.3) is 0 Å². The van der Waals surface area contributed by atoms with E-state index >= 15 is 8.78 Å². The third-order valence-corrected chi connectivity index (χ3v) is 23.2. The molecule has 90 heavy (non-hydrogen) atoms. The Hall–Kier alpha value is -10.3. The number of nitrogens with zero attached hydrogens (tertiary/aromatic N) is 3. The molecule has 434 valence electrons. The molecule has 3 heterocycles. The highest BCUT2D eigenvalue weighted by Gasteiger charge is 2.54. The average molecular weight is 1200 g/mol. The summed E-state index contributed by atoms with van der Waals surface area (Å²) in [5, 5.41) is 10.0. The van der Waals surface area contributed by atoms with Gasteiger partial charge in [0, 0.05) is 49.4 Å². The Balaban J connectivity index is 1.04. The fourth-order valence-corrected chi connectivity index (χ4v) is 17.3. The molecule has 1 aliphatic heterocycles. The van der Waals surface area contributed by atoms with Crippen LogP contribution in [0, 0.1) is 11.6 Å². The Morgan fingerprint density at radius 3 is 1.10 bits per heavy atom. The summed E-state index contributed by atoms with van der Waals surface area (Å²) in [4.78, 5) is 7.15. The lowest BCUT2D eigenvalue weighted by atomic mass is 9.64. The van der Waals surface area contributed by atoms with Crippen LogP contribution in [0.5, 0.6) is 0 Å². The van der Waals surface area contributed by atoms with Crippen molar-refractivity contribution in [3.05, 3.63) is 295 Å². The Kier molecular flexibility index (Phi) is 11.9. The van der Waals surface area contributed by atoms with Gasteiger partial charge >= 0.3 is 0 Å². The normalized spacial score (nSPS) is 13.4. The number of anilines is 9. The second kappa shape index (κ2) is 19.8. The number of hydrogen-bond donors (Lipinski definition) is 0. The maximum atomic E-state index is 16.1. The van der Waals surface area contributed by atoms with Crippen LogP contribution in [-0.2, 0) is 5.41 Å². The van der Waals surface area contributed by atoms with Gasteiger partial charge in [-0.1, -0.05) is 226 Å². The second-order valence-corrected chi connectivity index (χ2v) is 36.3. The lowest BCUT2D eigenvalue weighted by Crippen LogP contribution is -2.37. The summed E-state index contributed by atoms with van der Waals surface area (Å²) in [5.74, 6) is -0.807. The third-order valence-electron chi connectivity index (χ3n) is 19.1. The van der Waals surface area contributed by atoms with Gasteiger partial charge in [-0.05, 0) is 129 Å². The van der Waals surface area contributed by atoms with E-state index < -0.39 is 33.2 Å². The smallest absolute Gasteiger partial charge is 0.171 e. The van der Waals surface area contributed by atoms with E-state index in [0.717, 1.165) is 128 Å². The number of benzene rings is 13. The van der Waals surface area contributed by atoms with Crippen molar-refractivity contribution < 1.29 is 17.6 Å². The first-order valence-electron chi connectivity index (χ1n) is 31.0. The predicted molar refractivity (Wildman–Crippen MR) is 377 cm³/mol. The highest BCUT2D eigenvalue weighted by molar-refractivity contribution is 6.89. The van der Waals surface area contributed by atoms with Crippen LogP contribution in [0.3, 0.4) is 0 Å². The van der Waals surface area contributed by atoms with Crippen molar-refractivity contribution in [3.63, 3.8) is 0 Å². The number of para-hydroxylation sites is 7. The molecule has 0 radical (unpaired) electrons. The minimum absolute atomic E-state index is 0.230. The summed E-state index contributed by atoms with van der Waals surface area (Å²) in [7, 11) is -3.52. The first kappa shape index (κ1) is 53.9. The largest absolute Gasteiger partial charge is 0.451 e. The third kappa shape index (κ3) is 7.82. The molecule has 17 rings (SSSR count). The molecule has 15 aromatic rings. The molecule has 0 atom stereocenters. The van der Waals surface area contributed by atoms with E-state index in [1.54, 1.807) is 12.1 Å². The van der Waals surface area contributed by atoms with Gasteiger partial charge in [-0.2, -0.15) is 0 Å². The maximum Gasteiger partial charge on any atom is 0.171 e. The molecule has 1 aliphatic carbocycles. The summed E-state index contributed by atoms with van der Waals surface area (Å²) in [5.41, 5.74) is 16.0. The number of rotatable bonds is 9. The van der Waals surface area contributed by atoms with Gasteiger partial charge in [-0.3, -0.25) is 0 Å². The molecule has 0 N–H and O–H groups in total. The molecular formula is C81H61F2N3O2Si2. The van der Waals surface area contributed by atoms with Crippen LogP contribution < -0.4 is 25.1 Å². The predicted octanol–water partition coefficient (Wildman–Crippen LogP) is 22.2. The first-order valence-corrected chi connectivity index (χ1v) is 38.0. The van der Waals surface area contributed by atoms with Crippen molar-refractivity contribution in [2.45, 2.75) is 44.7 Å². The highest BCUT2D eigenvalue weighted by atomic mass is 28.3. The monoisotopic (exact) mass is 1200 g/mol. The number of furan rings is 2. The zero-order valence-corrected chi connectivity index (χ0v) is 52.7. The van der Waals surface area contributed by atoms with Crippen molar-refractivity contribution in [1.82, 2.24) is 0 Å². The van der Waals surface area contributed by atoms with E-state index in [9.17, 15) is 0 Å². The molecule has 13 aromatic carbocycles. The van der Waals surface area contributed by atoms with Crippen molar-refractivity contribution >= 4 is 143 Å². The average Bonchev–Trinajstić information content (AvgIpc) is 1.49. The Bertz CT molecular complexity index is 5130. The first-order chi connectivity index (χ1) is 43.8. The molecule has 0 saturated carbocycles. The van der Waals surface area contributed by atoms with Crippen LogP contribution in [0.2, 0.25) is 39.3 Å². The molecule has 0 bridgehead atoms. The summed E-state index contributed by atoms with van der Waals surface area (Å²) < 4.78 is 45.8. The minimum atomic E-state index is -1.76. The zero-order chi connectivity index (χ0) is 60.9. The van der Waals surface area contributed by atoms with E-state index in [0.29, 0.717) is 11.2 Å². The zero-order valence-electron chi connectivity index (χ0n) is 50.7. The highest BCUT2D eigenvalue weighted by Crippen LogP contribution is 2.67. The minimum Gasteiger partial charge on any atom is -0.451 e. The van der Waals surface area contributed by atoms with Crippen LogP contribution in [0.1, 0.15) is 22.3 Å². The Morgan fingerprint density at radius 2 is 0.678 bits per heavy atom. The SMILES string of the molecule is C[Si](C)(C)c1ccc(N(c2cc3c(c4ccccc24)-c2c(cc(N(c4ccc([Si](C)(C)C)cc4)c4cccc5c4oc4c(F)cccc45)c4ccccc24)C32c3ccccc3N(c3ccccc3)c3ccccc32)c2cccc3c2oc2c(F)cccc23)cc1. The van der Waals surface area contributed by atoms with Crippen LogP contribution in [0.4, 0.5) is 60.0 Å². The van der Waals surface area contributed by atoms with E-state index in [2.05, 4.69) is 266 Å². The Labute approximate surface area is 522 Å². The van der Waals surface area contributed by atoms with Crippen molar-refractivity contribution in [3.8, 4) is 11.1 Å². The quantitative estimate of drug-likeness (QED) is 0.135. The van der Waals surface area contributed by atoms with E-state index in [1.807, 2.05) is 24.3 Å². The Morgan fingerprint density at radius 1 is 0.322 bits per heavy atom. The molecular weight excluding hydrogens is 1140 g/mol. The molecule has 0 fully saturated rings. The lowest BCUT2D eigenvalue weighted by molar-refractivity contribution is 0.584. The van der Waals surface area contributed by atoms with Crippen LogP contribution in [0.15, 0.2) is 270 Å². The second-order valence-electron chi connectivity index (χ2n) is 26.2. The van der Waals surface area contributed by atoms with Gasteiger partial charge in [-0.25, -0.2) is 8.78 Å². The molecule has 9 heteroatoms. The van der Waals surface area contributed by atoms with Gasteiger partial charge in [0.1, 0.15) is 0 Å².